The van der Waals surface area contributed by atoms with Gasteiger partial charge in [-0.25, -0.2) is 4.39 Å². The number of nitrogens with zero attached hydrogens (tertiary/aromatic N) is 2. The molecule has 1 atom stereocenters. The molecular formula is C20H29FN2O2. The molecule has 5 heteroatoms. The fourth-order valence-corrected chi connectivity index (χ4v) is 2.94. The molecule has 0 radical (unpaired) electrons. The molecule has 138 valence electrons. The van der Waals surface area contributed by atoms with Crippen LogP contribution in [0.25, 0.3) is 0 Å². The van der Waals surface area contributed by atoms with Gasteiger partial charge in [0.15, 0.2) is 0 Å². The highest BCUT2D eigenvalue weighted by Crippen LogP contribution is 2.12. The van der Waals surface area contributed by atoms with E-state index in [4.69, 9.17) is 4.74 Å². The summed E-state index contributed by atoms with van der Waals surface area (Å²) in [7, 11) is 1.69. The van der Waals surface area contributed by atoms with Crippen LogP contribution in [-0.4, -0.2) is 47.5 Å². The Morgan fingerprint density at radius 2 is 2.00 bits per heavy atom. The first kappa shape index (κ1) is 19.6. The maximum absolute atomic E-state index is 13.1. The van der Waals surface area contributed by atoms with E-state index in [1.807, 2.05) is 24.4 Å². The number of aliphatic hydroxyl groups excluding tert-OH is 1. The van der Waals surface area contributed by atoms with E-state index in [0.29, 0.717) is 19.7 Å². The summed E-state index contributed by atoms with van der Waals surface area (Å²) in [5, 5.41) is 10.2. The van der Waals surface area contributed by atoms with Crippen molar-refractivity contribution in [1.82, 2.24) is 9.47 Å². The van der Waals surface area contributed by atoms with Crippen LogP contribution < -0.4 is 0 Å². The van der Waals surface area contributed by atoms with Gasteiger partial charge in [0.05, 0.1) is 12.7 Å². The first-order valence-electron chi connectivity index (χ1n) is 8.90. The van der Waals surface area contributed by atoms with Gasteiger partial charge in [-0.15, -0.1) is 0 Å². The zero-order valence-electron chi connectivity index (χ0n) is 15.2. The summed E-state index contributed by atoms with van der Waals surface area (Å²) in [5.41, 5.74) is 2.23. The Balaban J connectivity index is 2.03. The molecule has 0 saturated heterocycles. The van der Waals surface area contributed by atoms with Crippen LogP contribution in [0.5, 0.6) is 0 Å². The normalized spacial score (nSPS) is 12.7. The molecule has 1 unspecified atom stereocenters. The van der Waals surface area contributed by atoms with Crippen molar-refractivity contribution in [2.75, 3.05) is 26.8 Å². The molecular weight excluding hydrogens is 319 g/mol. The van der Waals surface area contributed by atoms with Crippen molar-refractivity contribution in [3.05, 3.63) is 59.7 Å². The van der Waals surface area contributed by atoms with E-state index in [0.717, 1.165) is 31.5 Å². The number of aliphatic hydroxyl groups is 1. The van der Waals surface area contributed by atoms with Crippen molar-refractivity contribution < 1.29 is 14.2 Å². The highest BCUT2D eigenvalue weighted by Gasteiger charge is 2.13. The van der Waals surface area contributed by atoms with Crippen molar-refractivity contribution in [1.29, 1.82) is 0 Å². The van der Waals surface area contributed by atoms with Gasteiger partial charge in [-0.05, 0) is 36.2 Å². The van der Waals surface area contributed by atoms with E-state index in [-0.39, 0.29) is 11.9 Å². The molecule has 2 aromatic rings. The number of halogens is 1. The Morgan fingerprint density at radius 1 is 1.24 bits per heavy atom. The Bertz CT molecular complexity index is 612. The molecule has 0 bridgehead atoms. The monoisotopic (exact) mass is 348 g/mol. The smallest absolute Gasteiger partial charge is 0.123 e. The Labute approximate surface area is 149 Å². The summed E-state index contributed by atoms with van der Waals surface area (Å²) in [6.07, 6.45) is 3.50. The Hall–Kier alpha value is -1.69. The summed E-state index contributed by atoms with van der Waals surface area (Å²) < 4.78 is 20.4. The summed E-state index contributed by atoms with van der Waals surface area (Å²) in [5.74, 6) is -0.216. The van der Waals surface area contributed by atoms with Crippen LogP contribution in [0.3, 0.4) is 0 Å². The van der Waals surface area contributed by atoms with Crippen molar-refractivity contribution in [2.45, 2.75) is 39.0 Å². The predicted octanol–water partition coefficient (Wildman–Crippen LogP) is 3.28. The minimum Gasteiger partial charge on any atom is -0.392 e. The Morgan fingerprint density at radius 3 is 2.68 bits per heavy atom. The molecule has 0 saturated carbocycles. The molecule has 25 heavy (non-hydrogen) atoms. The predicted molar refractivity (Wildman–Crippen MR) is 98.0 cm³/mol. The van der Waals surface area contributed by atoms with E-state index in [2.05, 4.69) is 22.5 Å². The number of methoxy groups -OCH3 is 1. The quantitative estimate of drug-likeness (QED) is 0.677. The summed E-state index contributed by atoms with van der Waals surface area (Å²) in [4.78, 5) is 2.22. The van der Waals surface area contributed by atoms with E-state index >= 15 is 0 Å². The molecule has 1 aromatic carbocycles. The van der Waals surface area contributed by atoms with Gasteiger partial charge in [0, 0.05) is 45.2 Å². The third kappa shape index (κ3) is 6.61. The van der Waals surface area contributed by atoms with Gasteiger partial charge in [0.2, 0.25) is 0 Å². The summed E-state index contributed by atoms with van der Waals surface area (Å²) >= 11 is 0. The molecule has 0 aliphatic heterocycles. The number of benzene rings is 1. The molecule has 0 aliphatic carbocycles. The average Bonchev–Trinajstić information content (AvgIpc) is 3.02. The second-order valence-corrected chi connectivity index (χ2v) is 6.42. The molecule has 0 spiro atoms. The standard InChI is InChI=1S/C20H29FN2O2/c1-3-5-20(24)16-22(12-13-25-2)15-19-6-4-11-23(19)14-17-7-9-18(21)10-8-17/h4,6-11,20,24H,3,5,12-16H2,1-2H3. The van der Waals surface area contributed by atoms with E-state index < -0.39 is 0 Å². The van der Waals surface area contributed by atoms with Crippen LogP contribution in [0.4, 0.5) is 4.39 Å². The molecule has 0 aliphatic rings. The van der Waals surface area contributed by atoms with Gasteiger partial charge >= 0.3 is 0 Å². The van der Waals surface area contributed by atoms with Gasteiger partial charge in [0.1, 0.15) is 5.82 Å². The molecule has 1 N–H and O–H groups in total. The molecule has 1 aromatic heterocycles. The first-order valence-corrected chi connectivity index (χ1v) is 8.90. The highest BCUT2D eigenvalue weighted by molar-refractivity contribution is 5.18. The lowest BCUT2D eigenvalue weighted by Crippen LogP contribution is -2.35. The zero-order chi connectivity index (χ0) is 18.1. The molecule has 2 rings (SSSR count). The third-order valence-corrected chi connectivity index (χ3v) is 4.28. The lowest BCUT2D eigenvalue weighted by molar-refractivity contribution is 0.0788. The number of hydrogen-bond donors (Lipinski definition) is 1. The minimum absolute atomic E-state index is 0.216. The van der Waals surface area contributed by atoms with Gasteiger partial charge in [-0.3, -0.25) is 4.90 Å². The van der Waals surface area contributed by atoms with Crippen LogP contribution in [0, 0.1) is 5.82 Å². The third-order valence-electron chi connectivity index (χ3n) is 4.28. The number of ether oxygens (including phenoxy) is 1. The summed E-state index contributed by atoms with van der Waals surface area (Å²) in [6.45, 7) is 5.59. The van der Waals surface area contributed by atoms with E-state index in [1.165, 1.54) is 17.8 Å². The Kier molecular flexibility index (Phi) is 8.12. The van der Waals surface area contributed by atoms with Crippen LogP contribution in [0.1, 0.15) is 31.0 Å². The fourth-order valence-electron chi connectivity index (χ4n) is 2.94. The largest absolute Gasteiger partial charge is 0.392 e. The van der Waals surface area contributed by atoms with Crippen molar-refractivity contribution in [3.8, 4) is 0 Å². The van der Waals surface area contributed by atoms with Crippen LogP contribution in [0.15, 0.2) is 42.6 Å². The lowest BCUT2D eigenvalue weighted by atomic mass is 10.2. The van der Waals surface area contributed by atoms with Gasteiger partial charge < -0.3 is 14.4 Å². The summed E-state index contributed by atoms with van der Waals surface area (Å²) in [6, 6.07) is 10.7. The molecule has 0 amide bonds. The van der Waals surface area contributed by atoms with E-state index in [9.17, 15) is 9.50 Å². The fraction of sp³-hybridized carbons (Fsp3) is 0.500. The van der Waals surface area contributed by atoms with Crippen LogP contribution in [-0.2, 0) is 17.8 Å². The van der Waals surface area contributed by atoms with Gasteiger partial charge in [-0.2, -0.15) is 0 Å². The minimum atomic E-state index is -0.317. The lowest BCUT2D eigenvalue weighted by Gasteiger charge is -2.25. The average molecular weight is 348 g/mol. The highest BCUT2D eigenvalue weighted by atomic mass is 19.1. The second-order valence-electron chi connectivity index (χ2n) is 6.42. The molecule has 4 nitrogen and oxygen atoms in total. The van der Waals surface area contributed by atoms with Crippen LogP contribution in [0.2, 0.25) is 0 Å². The number of rotatable bonds is 11. The maximum atomic E-state index is 13.1. The first-order chi connectivity index (χ1) is 12.1. The van der Waals surface area contributed by atoms with E-state index in [1.54, 1.807) is 7.11 Å². The maximum Gasteiger partial charge on any atom is 0.123 e. The van der Waals surface area contributed by atoms with Crippen LogP contribution >= 0.6 is 0 Å². The van der Waals surface area contributed by atoms with Gasteiger partial charge in [-0.1, -0.05) is 25.5 Å². The second kappa shape index (κ2) is 10.3. The van der Waals surface area contributed by atoms with Crippen molar-refractivity contribution >= 4 is 0 Å². The van der Waals surface area contributed by atoms with Crippen molar-refractivity contribution in [2.24, 2.45) is 0 Å². The molecule has 1 heterocycles. The molecule has 0 fully saturated rings. The number of aromatic nitrogens is 1. The zero-order valence-corrected chi connectivity index (χ0v) is 15.2. The topological polar surface area (TPSA) is 37.6 Å². The number of hydrogen-bond acceptors (Lipinski definition) is 3. The van der Waals surface area contributed by atoms with Crippen molar-refractivity contribution in [3.63, 3.8) is 0 Å². The van der Waals surface area contributed by atoms with Gasteiger partial charge in [0.25, 0.3) is 0 Å². The SMILES string of the molecule is CCCC(O)CN(CCOC)Cc1cccn1Cc1ccc(F)cc1.